The highest BCUT2D eigenvalue weighted by Gasteiger charge is 2.38. The van der Waals surface area contributed by atoms with Crippen molar-refractivity contribution in [2.75, 3.05) is 6.54 Å². The largest absolute Gasteiger partial charge is 0.476 e. The van der Waals surface area contributed by atoms with Gasteiger partial charge in [-0.1, -0.05) is 6.92 Å². The monoisotopic (exact) mass is 283 g/mol. The van der Waals surface area contributed by atoms with E-state index in [1.165, 1.54) is 16.7 Å². The van der Waals surface area contributed by atoms with Crippen LogP contribution >= 0.6 is 11.3 Å². The van der Waals surface area contributed by atoms with Crippen molar-refractivity contribution in [3.05, 3.63) is 16.1 Å². The summed E-state index contributed by atoms with van der Waals surface area (Å²) in [6.45, 7) is 3.13. The molecule has 1 aliphatic heterocycles. The van der Waals surface area contributed by atoms with E-state index in [9.17, 15) is 9.59 Å². The molecule has 7 heteroatoms. The number of aromatic carboxylic acids is 1. The summed E-state index contributed by atoms with van der Waals surface area (Å²) in [5, 5.41) is 17.0. The van der Waals surface area contributed by atoms with Gasteiger partial charge in [0.15, 0.2) is 5.69 Å². The van der Waals surface area contributed by atoms with Crippen LogP contribution in [0.2, 0.25) is 0 Å². The van der Waals surface area contributed by atoms with Crippen molar-refractivity contribution < 1.29 is 14.7 Å². The Bertz CT molecular complexity index is 480. The van der Waals surface area contributed by atoms with Crippen molar-refractivity contribution in [1.29, 1.82) is 0 Å². The molecule has 1 aromatic heterocycles. The molecular formula is C12H17N3O3S. The maximum Gasteiger partial charge on any atom is 0.355 e. The van der Waals surface area contributed by atoms with E-state index >= 15 is 0 Å². The van der Waals surface area contributed by atoms with Crippen molar-refractivity contribution in [2.45, 2.75) is 38.3 Å². The standard InChI is InChI=1S/C12H17N3O3S/c1-2-12(4-3-5-14-12)11(18)13-6-9-15-8(7-19-9)10(16)17/h7,14H,2-6H2,1H3,(H,13,18)(H,16,17). The minimum absolute atomic E-state index is 0.0263. The number of amides is 1. The second-order valence-electron chi connectivity index (χ2n) is 4.58. The molecule has 0 aliphatic carbocycles. The summed E-state index contributed by atoms with van der Waals surface area (Å²) in [4.78, 5) is 26.8. The minimum Gasteiger partial charge on any atom is -0.476 e. The van der Waals surface area contributed by atoms with Crippen molar-refractivity contribution in [1.82, 2.24) is 15.6 Å². The summed E-state index contributed by atoms with van der Waals surface area (Å²) in [5.74, 6) is -1.07. The minimum atomic E-state index is -1.05. The van der Waals surface area contributed by atoms with Gasteiger partial charge in [-0.15, -0.1) is 11.3 Å². The molecule has 3 N–H and O–H groups in total. The van der Waals surface area contributed by atoms with Crippen LogP contribution in [0.3, 0.4) is 0 Å². The fraction of sp³-hybridized carbons (Fsp3) is 0.583. The smallest absolute Gasteiger partial charge is 0.355 e. The number of carbonyl (C=O) groups excluding carboxylic acids is 1. The molecule has 2 rings (SSSR count). The van der Waals surface area contributed by atoms with Crippen LogP contribution in [-0.4, -0.2) is 34.1 Å². The zero-order valence-electron chi connectivity index (χ0n) is 10.7. The van der Waals surface area contributed by atoms with Crippen LogP contribution in [0.5, 0.6) is 0 Å². The predicted molar refractivity (Wildman–Crippen MR) is 71.2 cm³/mol. The molecule has 2 heterocycles. The number of carboxylic acids is 1. The molecule has 0 spiro atoms. The Morgan fingerprint density at radius 1 is 1.63 bits per heavy atom. The highest BCUT2D eigenvalue weighted by molar-refractivity contribution is 7.09. The molecule has 0 radical (unpaired) electrons. The molecule has 1 atom stereocenters. The maximum atomic E-state index is 12.2. The third kappa shape index (κ3) is 2.93. The van der Waals surface area contributed by atoms with Crippen LogP contribution in [0.4, 0.5) is 0 Å². The average molecular weight is 283 g/mol. The Hall–Kier alpha value is -1.47. The van der Waals surface area contributed by atoms with Crippen LogP contribution in [0.1, 0.15) is 41.7 Å². The molecule has 1 fully saturated rings. The zero-order valence-corrected chi connectivity index (χ0v) is 11.5. The van der Waals surface area contributed by atoms with E-state index in [4.69, 9.17) is 5.11 Å². The van der Waals surface area contributed by atoms with Gasteiger partial charge in [0.25, 0.3) is 0 Å². The third-order valence-electron chi connectivity index (χ3n) is 3.45. The van der Waals surface area contributed by atoms with Crippen LogP contribution in [-0.2, 0) is 11.3 Å². The Labute approximate surface area is 115 Å². The van der Waals surface area contributed by atoms with E-state index in [0.717, 1.165) is 25.8 Å². The first-order valence-electron chi connectivity index (χ1n) is 6.28. The highest BCUT2D eigenvalue weighted by atomic mass is 32.1. The van der Waals surface area contributed by atoms with Crippen molar-refractivity contribution in [3.63, 3.8) is 0 Å². The molecule has 0 aromatic carbocycles. The molecule has 1 saturated heterocycles. The van der Waals surface area contributed by atoms with Crippen LogP contribution in [0.15, 0.2) is 5.38 Å². The molecule has 104 valence electrons. The lowest BCUT2D eigenvalue weighted by molar-refractivity contribution is -0.127. The van der Waals surface area contributed by atoms with Crippen molar-refractivity contribution in [2.24, 2.45) is 0 Å². The number of rotatable bonds is 5. The second kappa shape index (κ2) is 5.66. The summed E-state index contributed by atoms with van der Waals surface area (Å²) in [6.07, 6.45) is 2.59. The fourth-order valence-corrected chi connectivity index (χ4v) is 2.99. The zero-order chi connectivity index (χ0) is 13.9. The lowest BCUT2D eigenvalue weighted by Gasteiger charge is -2.26. The van der Waals surface area contributed by atoms with Gasteiger partial charge in [0.05, 0.1) is 12.1 Å². The van der Waals surface area contributed by atoms with Gasteiger partial charge in [-0.25, -0.2) is 9.78 Å². The quantitative estimate of drug-likeness (QED) is 0.749. The van der Waals surface area contributed by atoms with Gasteiger partial charge >= 0.3 is 5.97 Å². The molecule has 0 saturated carbocycles. The van der Waals surface area contributed by atoms with Crippen molar-refractivity contribution in [3.8, 4) is 0 Å². The fourth-order valence-electron chi connectivity index (χ4n) is 2.28. The second-order valence-corrected chi connectivity index (χ2v) is 5.52. The first-order valence-corrected chi connectivity index (χ1v) is 7.16. The molecule has 1 amide bonds. The van der Waals surface area contributed by atoms with Gasteiger partial charge in [-0.2, -0.15) is 0 Å². The number of hydrogen-bond donors (Lipinski definition) is 3. The maximum absolute atomic E-state index is 12.2. The molecular weight excluding hydrogens is 266 g/mol. The third-order valence-corrected chi connectivity index (χ3v) is 4.30. The predicted octanol–water partition coefficient (Wildman–Crippen LogP) is 0.990. The van der Waals surface area contributed by atoms with Crippen LogP contribution in [0, 0.1) is 0 Å². The highest BCUT2D eigenvalue weighted by Crippen LogP contribution is 2.23. The van der Waals surface area contributed by atoms with E-state index in [0.29, 0.717) is 5.01 Å². The molecule has 1 unspecified atom stereocenters. The molecule has 1 aromatic rings. The SMILES string of the molecule is CCC1(C(=O)NCc2nc(C(=O)O)cs2)CCCN1. The van der Waals surface area contributed by atoms with Gasteiger partial charge in [-0.05, 0) is 25.8 Å². The molecule has 19 heavy (non-hydrogen) atoms. The number of hydrogen-bond acceptors (Lipinski definition) is 5. The Kier molecular flexibility index (Phi) is 4.16. The van der Waals surface area contributed by atoms with E-state index in [-0.39, 0.29) is 18.1 Å². The van der Waals surface area contributed by atoms with Crippen molar-refractivity contribution >= 4 is 23.2 Å². The van der Waals surface area contributed by atoms with Gasteiger partial charge < -0.3 is 15.7 Å². The summed E-state index contributed by atoms with van der Waals surface area (Å²) < 4.78 is 0. The van der Waals surface area contributed by atoms with E-state index in [2.05, 4.69) is 15.6 Å². The van der Waals surface area contributed by atoms with E-state index in [1.54, 1.807) is 0 Å². The van der Waals surface area contributed by atoms with E-state index < -0.39 is 11.5 Å². The first kappa shape index (κ1) is 14.0. The Morgan fingerprint density at radius 2 is 2.42 bits per heavy atom. The summed E-state index contributed by atoms with van der Waals surface area (Å²) in [5.41, 5.74) is -0.439. The number of nitrogens with zero attached hydrogens (tertiary/aromatic N) is 1. The summed E-state index contributed by atoms with van der Waals surface area (Å²) >= 11 is 1.24. The summed E-state index contributed by atoms with van der Waals surface area (Å²) in [7, 11) is 0. The van der Waals surface area contributed by atoms with Gasteiger partial charge in [0, 0.05) is 5.38 Å². The van der Waals surface area contributed by atoms with Gasteiger partial charge in [-0.3, -0.25) is 4.79 Å². The number of carboxylic acid groups (broad SMARTS) is 1. The van der Waals surface area contributed by atoms with Crippen LogP contribution in [0.25, 0.3) is 0 Å². The molecule has 0 bridgehead atoms. The topological polar surface area (TPSA) is 91.3 Å². The van der Waals surface area contributed by atoms with Crippen LogP contribution < -0.4 is 10.6 Å². The van der Waals surface area contributed by atoms with Gasteiger partial charge in [0.1, 0.15) is 5.01 Å². The lowest BCUT2D eigenvalue weighted by atomic mass is 9.93. The molecule has 6 nitrogen and oxygen atoms in total. The average Bonchev–Trinajstić information content (AvgIpc) is 3.05. The first-order chi connectivity index (χ1) is 9.07. The number of thiazole rings is 1. The Morgan fingerprint density at radius 3 is 2.95 bits per heavy atom. The normalized spacial score (nSPS) is 22.4. The summed E-state index contributed by atoms with van der Waals surface area (Å²) in [6, 6.07) is 0. The number of nitrogens with one attached hydrogen (secondary N) is 2. The Balaban J connectivity index is 1.94. The van der Waals surface area contributed by atoms with E-state index in [1.807, 2.05) is 6.92 Å². The van der Waals surface area contributed by atoms with Gasteiger partial charge in [0.2, 0.25) is 5.91 Å². The molecule has 1 aliphatic rings. The number of carbonyl (C=O) groups is 2. The lowest BCUT2D eigenvalue weighted by Crippen LogP contribution is -2.52. The number of aromatic nitrogens is 1.